The second kappa shape index (κ2) is 5.01. The molecule has 2 aliphatic heterocycles. The fourth-order valence-corrected chi connectivity index (χ4v) is 2.68. The third-order valence-electron chi connectivity index (χ3n) is 3.68. The molecule has 2 N–H and O–H groups in total. The standard InChI is InChI=1S/C11H20N2O3/c14-10-3-6-12(7-4-10)9-2-1-5-13(8-9)11(15)16/h9-10,14H,1-8H2,(H,15,16)/t9-/m0/s1. The molecule has 1 amide bonds. The normalized spacial score (nSPS) is 29.3. The van der Waals surface area contributed by atoms with Gasteiger partial charge in [0.05, 0.1) is 6.10 Å². The van der Waals surface area contributed by atoms with E-state index in [9.17, 15) is 9.90 Å². The lowest BCUT2D eigenvalue weighted by Crippen LogP contribution is -2.52. The maximum Gasteiger partial charge on any atom is 0.407 e. The SMILES string of the molecule is O=C(O)N1CCC[C@H](N2CCC(O)CC2)C1. The highest BCUT2D eigenvalue weighted by molar-refractivity contribution is 5.65. The van der Waals surface area contributed by atoms with Crippen LogP contribution in [0.15, 0.2) is 0 Å². The molecule has 92 valence electrons. The highest BCUT2D eigenvalue weighted by Gasteiger charge is 2.29. The minimum atomic E-state index is -0.804. The molecule has 0 aromatic carbocycles. The Labute approximate surface area is 95.6 Å². The lowest BCUT2D eigenvalue weighted by Gasteiger charge is -2.40. The van der Waals surface area contributed by atoms with Crippen molar-refractivity contribution in [3.05, 3.63) is 0 Å². The zero-order chi connectivity index (χ0) is 11.5. The molecular weight excluding hydrogens is 208 g/mol. The molecule has 2 fully saturated rings. The highest BCUT2D eigenvalue weighted by Crippen LogP contribution is 2.20. The van der Waals surface area contributed by atoms with E-state index in [0.29, 0.717) is 19.1 Å². The Bertz CT molecular complexity index is 252. The van der Waals surface area contributed by atoms with E-state index in [1.54, 1.807) is 0 Å². The first-order valence-corrected chi connectivity index (χ1v) is 6.07. The van der Waals surface area contributed by atoms with Crippen LogP contribution < -0.4 is 0 Å². The lowest BCUT2D eigenvalue weighted by atomic mass is 10.00. The van der Waals surface area contributed by atoms with Crippen molar-refractivity contribution in [3.63, 3.8) is 0 Å². The van der Waals surface area contributed by atoms with Gasteiger partial charge in [-0.3, -0.25) is 4.90 Å². The van der Waals surface area contributed by atoms with E-state index in [2.05, 4.69) is 4.90 Å². The number of hydrogen-bond donors (Lipinski definition) is 2. The van der Waals surface area contributed by atoms with E-state index in [4.69, 9.17) is 5.11 Å². The maximum absolute atomic E-state index is 10.9. The summed E-state index contributed by atoms with van der Waals surface area (Å²) in [6, 6.07) is 0.359. The topological polar surface area (TPSA) is 64.0 Å². The Morgan fingerprint density at radius 1 is 1.12 bits per heavy atom. The highest BCUT2D eigenvalue weighted by atomic mass is 16.4. The number of rotatable bonds is 1. The number of likely N-dealkylation sites (tertiary alicyclic amines) is 2. The van der Waals surface area contributed by atoms with Crippen LogP contribution in [0, 0.1) is 0 Å². The second-order valence-electron chi connectivity index (χ2n) is 4.79. The number of nitrogens with zero attached hydrogens (tertiary/aromatic N) is 2. The summed E-state index contributed by atoms with van der Waals surface area (Å²) in [7, 11) is 0. The summed E-state index contributed by atoms with van der Waals surface area (Å²) >= 11 is 0. The molecule has 0 aromatic rings. The number of amides is 1. The molecular formula is C11H20N2O3. The lowest BCUT2D eigenvalue weighted by molar-refractivity contribution is 0.0344. The second-order valence-corrected chi connectivity index (χ2v) is 4.79. The predicted octanol–water partition coefficient (Wildman–Crippen LogP) is 0.586. The quantitative estimate of drug-likeness (QED) is 0.689. The van der Waals surface area contributed by atoms with Crippen LogP contribution in [-0.4, -0.2) is 64.4 Å². The molecule has 0 aromatic heterocycles. The van der Waals surface area contributed by atoms with E-state index in [1.165, 1.54) is 4.90 Å². The summed E-state index contributed by atoms with van der Waals surface area (Å²) in [6.45, 7) is 3.10. The van der Waals surface area contributed by atoms with Crippen molar-refractivity contribution in [2.45, 2.75) is 37.8 Å². The van der Waals surface area contributed by atoms with E-state index in [-0.39, 0.29) is 6.10 Å². The molecule has 1 atom stereocenters. The fraction of sp³-hybridized carbons (Fsp3) is 0.909. The first-order chi connectivity index (χ1) is 7.66. The number of hydrogen-bond acceptors (Lipinski definition) is 3. The van der Waals surface area contributed by atoms with Crippen LogP contribution in [-0.2, 0) is 0 Å². The molecule has 0 aliphatic carbocycles. The molecule has 16 heavy (non-hydrogen) atoms. The van der Waals surface area contributed by atoms with Gasteiger partial charge in [-0.1, -0.05) is 0 Å². The van der Waals surface area contributed by atoms with Gasteiger partial charge >= 0.3 is 6.09 Å². The maximum atomic E-state index is 10.9. The number of carbonyl (C=O) groups is 1. The van der Waals surface area contributed by atoms with Crippen molar-refractivity contribution in [1.29, 1.82) is 0 Å². The minimum absolute atomic E-state index is 0.157. The largest absolute Gasteiger partial charge is 0.465 e. The Kier molecular flexibility index (Phi) is 3.66. The molecule has 0 radical (unpaired) electrons. The summed E-state index contributed by atoms with van der Waals surface area (Å²) in [5.74, 6) is 0. The number of aliphatic hydroxyl groups is 1. The van der Waals surface area contributed by atoms with Gasteiger partial charge in [0.15, 0.2) is 0 Å². The van der Waals surface area contributed by atoms with Crippen molar-refractivity contribution in [1.82, 2.24) is 9.80 Å². The van der Waals surface area contributed by atoms with Gasteiger partial charge in [-0.05, 0) is 25.7 Å². The van der Waals surface area contributed by atoms with E-state index in [1.807, 2.05) is 0 Å². The molecule has 0 bridgehead atoms. The van der Waals surface area contributed by atoms with Crippen LogP contribution in [0.4, 0.5) is 4.79 Å². The molecule has 0 saturated carbocycles. The molecule has 2 saturated heterocycles. The molecule has 5 heteroatoms. The molecule has 2 heterocycles. The van der Waals surface area contributed by atoms with Crippen molar-refractivity contribution in [2.75, 3.05) is 26.2 Å². The van der Waals surface area contributed by atoms with Gasteiger partial charge < -0.3 is 15.1 Å². The number of piperidine rings is 2. The predicted molar refractivity (Wildman–Crippen MR) is 59.4 cm³/mol. The Balaban J connectivity index is 1.87. The Morgan fingerprint density at radius 2 is 1.81 bits per heavy atom. The summed E-state index contributed by atoms with van der Waals surface area (Å²) in [4.78, 5) is 14.8. The van der Waals surface area contributed by atoms with Crippen molar-refractivity contribution in [2.24, 2.45) is 0 Å². The average Bonchev–Trinajstić information content (AvgIpc) is 2.30. The van der Waals surface area contributed by atoms with Crippen molar-refractivity contribution >= 4 is 6.09 Å². The molecule has 0 unspecified atom stereocenters. The Hall–Kier alpha value is -0.810. The smallest absolute Gasteiger partial charge is 0.407 e. The zero-order valence-corrected chi connectivity index (χ0v) is 9.51. The zero-order valence-electron chi connectivity index (χ0n) is 9.51. The van der Waals surface area contributed by atoms with Gasteiger partial charge in [0.1, 0.15) is 0 Å². The Morgan fingerprint density at radius 3 is 2.44 bits per heavy atom. The minimum Gasteiger partial charge on any atom is -0.465 e. The monoisotopic (exact) mass is 228 g/mol. The molecule has 5 nitrogen and oxygen atoms in total. The van der Waals surface area contributed by atoms with Crippen LogP contribution in [0.1, 0.15) is 25.7 Å². The van der Waals surface area contributed by atoms with Gasteiger partial charge in [0.2, 0.25) is 0 Å². The van der Waals surface area contributed by atoms with E-state index in [0.717, 1.165) is 38.8 Å². The first-order valence-electron chi connectivity index (χ1n) is 6.07. The van der Waals surface area contributed by atoms with Crippen LogP contribution in [0.25, 0.3) is 0 Å². The molecule has 2 rings (SSSR count). The molecule has 0 spiro atoms. The van der Waals surface area contributed by atoms with Crippen LogP contribution in [0.5, 0.6) is 0 Å². The third kappa shape index (κ3) is 2.65. The third-order valence-corrected chi connectivity index (χ3v) is 3.68. The fourth-order valence-electron chi connectivity index (χ4n) is 2.68. The van der Waals surface area contributed by atoms with Gasteiger partial charge in [-0.2, -0.15) is 0 Å². The van der Waals surface area contributed by atoms with Crippen LogP contribution in [0.3, 0.4) is 0 Å². The summed E-state index contributed by atoms with van der Waals surface area (Å²) < 4.78 is 0. The van der Waals surface area contributed by atoms with Gasteiger partial charge in [-0.25, -0.2) is 4.79 Å². The van der Waals surface area contributed by atoms with Crippen LogP contribution >= 0.6 is 0 Å². The van der Waals surface area contributed by atoms with Gasteiger partial charge in [0, 0.05) is 32.2 Å². The first kappa shape index (κ1) is 11.7. The summed E-state index contributed by atoms with van der Waals surface area (Å²) in [5.41, 5.74) is 0. The van der Waals surface area contributed by atoms with Crippen molar-refractivity contribution in [3.8, 4) is 0 Å². The average molecular weight is 228 g/mol. The number of aliphatic hydroxyl groups excluding tert-OH is 1. The molecule has 2 aliphatic rings. The summed E-state index contributed by atoms with van der Waals surface area (Å²) in [6.07, 6.45) is 2.72. The van der Waals surface area contributed by atoms with Crippen molar-refractivity contribution < 1.29 is 15.0 Å². The van der Waals surface area contributed by atoms with E-state index < -0.39 is 6.09 Å². The van der Waals surface area contributed by atoms with Gasteiger partial charge in [0.25, 0.3) is 0 Å². The van der Waals surface area contributed by atoms with E-state index >= 15 is 0 Å². The summed E-state index contributed by atoms with van der Waals surface area (Å²) in [5, 5.41) is 18.4. The van der Waals surface area contributed by atoms with Crippen LogP contribution in [0.2, 0.25) is 0 Å². The van der Waals surface area contributed by atoms with Gasteiger partial charge in [-0.15, -0.1) is 0 Å². The number of carboxylic acid groups (broad SMARTS) is 1.